The van der Waals surface area contributed by atoms with E-state index in [9.17, 15) is 0 Å². The highest BCUT2D eigenvalue weighted by atomic mass is 28.4. The first-order valence-corrected chi connectivity index (χ1v) is 9.49. The normalized spacial score (nSPS) is 11.8. The molecule has 2 rings (SSSR count). The molecule has 2 aromatic rings. The van der Waals surface area contributed by atoms with Gasteiger partial charge in [-0.25, -0.2) is 0 Å². The standard InChI is InChI=1S/C13H19N3OSi/c1-11-13(10-17-18(2,3)4)15-16(14-11)12-8-6-5-7-9-12/h5-9H,10H2,1-4H3. The van der Waals surface area contributed by atoms with Crippen LogP contribution >= 0.6 is 0 Å². The van der Waals surface area contributed by atoms with Gasteiger partial charge in [-0.15, -0.1) is 0 Å². The lowest BCUT2D eigenvalue weighted by atomic mass is 10.3. The Morgan fingerprint density at radius 3 is 2.39 bits per heavy atom. The van der Waals surface area contributed by atoms with E-state index in [1.165, 1.54) is 0 Å². The number of benzene rings is 1. The molecule has 0 aliphatic carbocycles. The molecule has 18 heavy (non-hydrogen) atoms. The van der Waals surface area contributed by atoms with Crippen molar-refractivity contribution in [1.29, 1.82) is 0 Å². The fourth-order valence-electron chi connectivity index (χ4n) is 1.50. The first-order valence-electron chi connectivity index (χ1n) is 6.08. The van der Waals surface area contributed by atoms with Crippen molar-refractivity contribution in [2.24, 2.45) is 0 Å². The molecule has 0 spiro atoms. The Kier molecular flexibility index (Phi) is 3.63. The zero-order chi connectivity index (χ0) is 13.2. The molecule has 5 heteroatoms. The van der Waals surface area contributed by atoms with Gasteiger partial charge in [-0.3, -0.25) is 0 Å². The lowest BCUT2D eigenvalue weighted by Gasteiger charge is -2.15. The van der Waals surface area contributed by atoms with Crippen LogP contribution < -0.4 is 0 Å². The summed E-state index contributed by atoms with van der Waals surface area (Å²) in [7, 11) is -1.51. The van der Waals surface area contributed by atoms with Crippen molar-refractivity contribution in [3.63, 3.8) is 0 Å². The van der Waals surface area contributed by atoms with Crippen LogP contribution in [0.3, 0.4) is 0 Å². The minimum absolute atomic E-state index is 0.550. The fraction of sp³-hybridized carbons (Fsp3) is 0.385. The number of nitrogens with zero attached hydrogens (tertiary/aromatic N) is 3. The molecule has 0 amide bonds. The molecule has 1 heterocycles. The highest BCUT2D eigenvalue weighted by Crippen LogP contribution is 2.12. The number of aryl methyl sites for hydroxylation is 1. The van der Waals surface area contributed by atoms with E-state index in [4.69, 9.17) is 4.43 Å². The van der Waals surface area contributed by atoms with Gasteiger partial charge in [0.2, 0.25) is 0 Å². The maximum Gasteiger partial charge on any atom is 0.184 e. The molecule has 0 saturated heterocycles. The number of rotatable bonds is 4. The summed E-state index contributed by atoms with van der Waals surface area (Å²) in [6, 6.07) is 9.92. The Morgan fingerprint density at radius 1 is 1.11 bits per heavy atom. The van der Waals surface area contributed by atoms with Crippen molar-refractivity contribution < 1.29 is 4.43 Å². The molecule has 96 valence electrons. The van der Waals surface area contributed by atoms with Crippen LogP contribution in [0.1, 0.15) is 11.4 Å². The average molecular weight is 261 g/mol. The Morgan fingerprint density at radius 2 is 1.78 bits per heavy atom. The van der Waals surface area contributed by atoms with Crippen LogP contribution in [0.4, 0.5) is 0 Å². The van der Waals surface area contributed by atoms with Gasteiger partial charge in [0.25, 0.3) is 0 Å². The molecule has 1 aromatic carbocycles. The fourth-order valence-corrected chi connectivity index (χ4v) is 2.07. The van der Waals surface area contributed by atoms with Crippen molar-refractivity contribution in [1.82, 2.24) is 15.0 Å². The van der Waals surface area contributed by atoms with Crippen LogP contribution in [0.15, 0.2) is 30.3 Å². The minimum atomic E-state index is -1.51. The van der Waals surface area contributed by atoms with Crippen LogP contribution in [0.2, 0.25) is 19.6 Å². The Balaban J connectivity index is 2.17. The van der Waals surface area contributed by atoms with E-state index in [1.807, 2.05) is 37.3 Å². The first-order chi connectivity index (χ1) is 8.46. The summed E-state index contributed by atoms with van der Waals surface area (Å²) in [5, 5.41) is 8.91. The SMILES string of the molecule is Cc1nn(-c2ccccc2)nc1CO[Si](C)(C)C. The van der Waals surface area contributed by atoms with Crippen molar-refractivity contribution in [3.05, 3.63) is 41.7 Å². The summed E-state index contributed by atoms with van der Waals surface area (Å²) in [4.78, 5) is 1.66. The molecule has 0 aliphatic rings. The van der Waals surface area contributed by atoms with Gasteiger partial charge in [-0.05, 0) is 38.7 Å². The topological polar surface area (TPSA) is 39.9 Å². The van der Waals surface area contributed by atoms with Gasteiger partial charge in [-0.2, -0.15) is 15.0 Å². The van der Waals surface area contributed by atoms with Crippen LogP contribution in [0.25, 0.3) is 5.69 Å². The van der Waals surface area contributed by atoms with Crippen LogP contribution in [-0.2, 0) is 11.0 Å². The van der Waals surface area contributed by atoms with Gasteiger partial charge >= 0.3 is 0 Å². The zero-order valence-electron chi connectivity index (χ0n) is 11.3. The number of hydrogen-bond donors (Lipinski definition) is 0. The first kappa shape index (κ1) is 13.0. The third kappa shape index (κ3) is 3.27. The zero-order valence-corrected chi connectivity index (χ0v) is 12.3. The largest absolute Gasteiger partial charge is 0.412 e. The predicted molar refractivity (Wildman–Crippen MR) is 74.2 cm³/mol. The second kappa shape index (κ2) is 5.03. The van der Waals surface area contributed by atoms with E-state index < -0.39 is 8.32 Å². The van der Waals surface area contributed by atoms with E-state index in [2.05, 4.69) is 29.8 Å². The van der Waals surface area contributed by atoms with Gasteiger partial charge in [0.1, 0.15) is 5.69 Å². The third-order valence-electron chi connectivity index (χ3n) is 2.51. The summed E-state index contributed by atoms with van der Waals surface area (Å²) in [5.41, 5.74) is 2.82. The highest BCUT2D eigenvalue weighted by molar-refractivity contribution is 6.69. The third-order valence-corrected chi connectivity index (χ3v) is 3.52. The molecule has 0 N–H and O–H groups in total. The van der Waals surface area contributed by atoms with Crippen LogP contribution in [0.5, 0.6) is 0 Å². The van der Waals surface area contributed by atoms with Gasteiger partial charge in [0.15, 0.2) is 8.32 Å². The Hall–Kier alpha value is -1.46. The van der Waals surface area contributed by atoms with Crippen molar-refractivity contribution >= 4 is 8.32 Å². The maximum absolute atomic E-state index is 5.87. The van der Waals surface area contributed by atoms with Gasteiger partial charge < -0.3 is 4.43 Å². The quantitative estimate of drug-likeness (QED) is 0.794. The lowest BCUT2D eigenvalue weighted by molar-refractivity contribution is 0.293. The van der Waals surface area contributed by atoms with E-state index in [0.29, 0.717) is 6.61 Å². The molecule has 0 saturated carbocycles. The molecule has 0 aliphatic heterocycles. The van der Waals surface area contributed by atoms with Gasteiger partial charge in [0, 0.05) is 0 Å². The van der Waals surface area contributed by atoms with E-state index in [-0.39, 0.29) is 0 Å². The Labute approximate surface area is 109 Å². The Bertz CT molecular complexity index is 517. The average Bonchev–Trinajstić information content (AvgIpc) is 2.68. The second-order valence-corrected chi connectivity index (χ2v) is 9.77. The summed E-state index contributed by atoms with van der Waals surface area (Å²) in [5.74, 6) is 0. The maximum atomic E-state index is 5.87. The van der Waals surface area contributed by atoms with Crippen molar-refractivity contribution in [2.45, 2.75) is 33.2 Å². The lowest BCUT2D eigenvalue weighted by Crippen LogP contribution is -2.25. The number of aromatic nitrogens is 3. The molecular weight excluding hydrogens is 242 g/mol. The minimum Gasteiger partial charge on any atom is -0.412 e. The van der Waals surface area contributed by atoms with E-state index in [1.54, 1.807) is 4.80 Å². The van der Waals surface area contributed by atoms with E-state index >= 15 is 0 Å². The monoisotopic (exact) mass is 261 g/mol. The van der Waals surface area contributed by atoms with Gasteiger partial charge in [-0.1, -0.05) is 18.2 Å². The molecule has 1 aromatic heterocycles. The molecule has 4 nitrogen and oxygen atoms in total. The molecule has 0 radical (unpaired) electrons. The molecule has 0 unspecified atom stereocenters. The second-order valence-electron chi connectivity index (χ2n) is 5.26. The molecule has 0 fully saturated rings. The van der Waals surface area contributed by atoms with Crippen molar-refractivity contribution in [3.8, 4) is 5.69 Å². The molecular formula is C13H19N3OSi. The summed E-state index contributed by atoms with van der Waals surface area (Å²) in [6.07, 6.45) is 0. The predicted octanol–water partition coefficient (Wildman–Crippen LogP) is 2.93. The number of hydrogen-bond acceptors (Lipinski definition) is 3. The van der Waals surface area contributed by atoms with Crippen LogP contribution in [-0.4, -0.2) is 23.3 Å². The number of para-hydroxylation sites is 1. The summed E-state index contributed by atoms with van der Waals surface area (Å²) in [6.45, 7) is 9.03. The highest BCUT2D eigenvalue weighted by Gasteiger charge is 2.16. The van der Waals surface area contributed by atoms with Gasteiger partial charge in [0.05, 0.1) is 18.0 Å². The van der Waals surface area contributed by atoms with E-state index in [0.717, 1.165) is 17.1 Å². The van der Waals surface area contributed by atoms with Crippen molar-refractivity contribution in [2.75, 3.05) is 0 Å². The molecule has 0 bridgehead atoms. The smallest absolute Gasteiger partial charge is 0.184 e. The summed E-state index contributed by atoms with van der Waals surface area (Å²) >= 11 is 0. The molecule has 0 atom stereocenters. The summed E-state index contributed by atoms with van der Waals surface area (Å²) < 4.78 is 5.87. The van der Waals surface area contributed by atoms with Crippen LogP contribution in [0, 0.1) is 6.92 Å².